The van der Waals surface area contributed by atoms with Gasteiger partial charge in [0.15, 0.2) is 0 Å². The zero-order valence-electron chi connectivity index (χ0n) is 9.48. The normalized spacial score (nSPS) is 9.65. The van der Waals surface area contributed by atoms with Crippen molar-refractivity contribution in [1.29, 1.82) is 10.5 Å². The van der Waals surface area contributed by atoms with Crippen molar-refractivity contribution in [3.8, 4) is 22.6 Å². The fraction of sp³-hybridized carbons (Fsp3) is 0.154. The third-order valence-corrected chi connectivity index (χ3v) is 3.44. The molecule has 0 unspecified atom stereocenters. The van der Waals surface area contributed by atoms with Crippen molar-refractivity contribution in [2.75, 3.05) is 0 Å². The van der Waals surface area contributed by atoms with E-state index in [0.717, 1.165) is 10.4 Å². The highest BCUT2D eigenvalue weighted by Gasteiger charge is 2.17. The molecule has 0 spiro atoms. The van der Waals surface area contributed by atoms with Crippen LogP contribution in [0.25, 0.3) is 10.4 Å². The third kappa shape index (κ3) is 1.80. The predicted molar refractivity (Wildman–Crippen MR) is 66.5 cm³/mol. The second-order valence-corrected chi connectivity index (χ2v) is 4.56. The van der Waals surface area contributed by atoms with E-state index in [0.29, 0.717) is 22.5 Å². The lowest BCUT2D eigenvalue weighted by Crippen LogP contribution is -1.99. The molecule has 0 bridgehead atoms. The Bertz CT molecular complexity index is 605. The molecular formula is C13H9N3S. The maximum Gasteiger partial charge on any atom is 0.102 e. The monoisotopic (exact) mass is 239 g/mol. The molecule has 0 fully saturated rings. The van der Waals surface area contributed by atoms with Crippen molar-refractivity contribution in [3.63, 3.8) is 0 Å². The largest absolute Gasteiger partial charge is 0.256 e. The van der Waals surface area contributed by atoms with E-state index in [2.05, 4.69) is 17.1 Å². The molecule has 0 saturated heterocycles. The van der Waals surface area contributed by atoms with Crippen LogP contribution in [0.15, 0.2) is 17.5 Å². The summed E-state index contributed by atoms with van der Waals surface area (Å²) >= 11 is 1.52. The summed E-state index contributed by atoms with van der Waals surface area (Å²) in [6.07, 6.45) is 0. The van der Waals surface area contributed by atoms with Gasteiger partial charge in [0.05, 0.1) is 22.5 Å². The van der Waals surface area contributed by atoms with Crippen LogP contribution in [0.4, 0.5) is 0 Å². The van der Waals surface area contributed by atoms with E-state index in [1.165, 1.54) is 11.3 Å². The number of hydrogen-bond donors (Lipinski definition) is 0. The number of thiophene rings is 1. The quantitative estimate of drug-likeness (QED) is 0.767. The van der Waals surface area contributed by atoms with Gasteiger partial charge in [-0.3, -0.25) is 4.98 Å². The van der Waals surface area contributed by atoms with Gasteiger partial charge in [0.25, 0.3) is 0 Å². The summed E-state index contributed by atoms with van der Waals surface area (Å²) in [6, 6.07) is 8.12. The Morgan fingerprint density at radius 1 is 1.12 bits per heavy atom. The van der Waals surface area contributed by atoms with Gasteiger partial charge >= 0.3 is 0 Å². The van der Waals surface area contributed by atoms with Crippen LogP contribution in [0.3, 0.4) is 0 Å². The van der Waals surface area contributed by atoms with Crippen LogP contribution in [0.1, 0.15) is 22.5 Å². The van der Waals surface area contributed by atoms with E-state index < -0.39 is 0 Å². The molecule has 0 aliphatic heterocycles. The lowest BCUT2D eigenvalue weighted by Gasteiger charge is -2.09. The Kier molecular flexibility index (Phi) is 2.91. The Balaban J connectivity index is 2.89. The van der Waals surface area contributed by atoms with Crippen molar-refractivity contribution >= 4 is 11.3 Å². The second-order valence-electron chi connectivity index (χ2n) is 3.61. The average molecular weight is 239 g/mol. The zero-order chi connectivity index (χ0) is 12.4. The Morgan fingerprint density at radius 3 is 2.12 bits per heavy atom. The van der Waals surface area contributed by atoms with E-state index in [1.807, 2.05) is 17.5 Å². The first-order valence-electron chi connectivity index (χ1n) is 5.04. The summed E-state index contributed by atoms with van der Waals surface area (Å²) in [5.41, 5.74) is 3.05. The highest BCUT2D eigenvalue weighted by molar-refractivity contribution is 7.13. The van der Waals surface area contributed by atoms with Crippen LogP contribution in [-0.2, 0) is 0 Å². The lowest BCUT2D eigenvalue weighted by atomic mass is 9.99. The SMILES string of the molecule is Cc1nc(C)c(C#N)c(-c2cccs2)c1C#N. The van der Waals surface area contributed by atoms with Gasteiger partial charge in [-0.05, 0) is 25.3 Å². The molecule has 0 N–H and O–H groups in total. The van der Waals surface area contributed by atoms with Crippen LogP contribution in [0, 0.1) is 36.5 Å². The van der Waals surface area contributed by atoms with Gasteiger partial charge < -0.3 is 0 Å². The molecule has 82 valence electrons. The van der Waals surface area contributed by atoms with Gasteiger partial charge in [-0.1, -0.05) is 6.07 Å². The standard InChI is InChI=1S/C13H9N3S/c1-8-10(6-14)13(12-4-3-5-17-12)11(7-15)9(2)16-8/h3-5H,1-2H3. The molecule has 2 aromatic heterocycles. The molecule has 3 nitrogen and oxygen atoms in total. The van der Waals surface area contributed by atoms with Gasteiger partial charge in [0.1, 0.15) is 12.1 Å². The topological polar surface area (TPSA) is 60.5 Å². The second kappa shape index (κ2) is 4.37. The Morgan fingerprint density at radius 2 is 1.71 bits per heavy atom. The summed E-state index contributed by atoms with van der Waals surface area (Å²) in [4.78, 5) is 5.18. The Hall–Kier alpha value is -2.17. The van der Waals surface area contributed by atoms with Crippen molar-refractivity contribution in [3.05, 3.63) is 40.0 Å². The third-order valence-electron chi connectivity index (χ3n) is 2.55. The molecule has 0 aliphatic rings. The lowest BCUT2D eigenvalue weighted by molar-refractivity contribution is 1.10. The smallest absolute Gasteiger partial charge is 0.102 e. The summed E-state index contributed by atoms with van der Waals surface area (Å²) in [7, 11) is 0. The summed E-state index contributed by atoms with van der Waals surface area (Å²) in [5, 5.41) is 20.4. The molecule has 17 heavy (non-hydrogen) atoms. The molecule has 4 heteroatoms. The highest BCUT2D eigenvalue weighted by Crippen LogP contribution is 2.33. The minimum atomic E-state index is 0.495. The number of pyridine rings is 1. The predicted octanol–water partition coefficient (Wildman–Crippen LogP) is 3.17. The van der Waals surface area contributed by atoms with Crippen LogP contribution >= 0.6 is 11.3 Å². The molecule has 0 atom stereocenters. The van der Waals surface area contributed by atoms with Gasteiger partial charge in [-0.15, -0.1) is 11.3 Å². The van der Waals surface area contributed by atoms with Crippen molar-refractivity contribution < 1.29 is 0 Å². The first kappa shape index (κ1) is 11.3. The van der Waals surface area contributed by atoms with Crippen LogP contribution in [0.5, 0.6) is 0 Å². The van der Waals surface area contributed by atoms with E-state index in [9.17, 15) is 10.5 Å². The minimum absolute atomic E-state index is 0.495. The fourth-order valence-corrected chi connectivity index (χ4v) is 2.57. The maximum absolute atomic E-state index is 9.21. The molecule has 0 amide bonds. The number of hydrogen-bond acceptors (Lipinski definition) is 4. The molecule has 0 aliphatic carbocycles. The van der Waals surface area contributed by atoms with E-state index in [4.69, 9.17) is 0 Å². The zero-order valence-corrected chi connectivity index (χ0v) is 10.3. The molecule has 0 aromatic carbocycles. The van der Waals surface area contributed by atoms with Crippen LogP contribution < -0.4 is 0 Å². The summed E-state index contributed by atoms with van der Waals surface area (Å²) in [6.45, 7) is 3.59. The van der Waals surface area contributed by atoms with Gasteiger partial charge in [0.2, 0.25) is 0 Å². The summed E-state index contributed by atoms with van der Waals surface area (Å²) in [5.74, 6) is 0. The van der Waals surface area contributed by atoms with E-state index >= 15 is 0 Å². The van der Waals surface area contributed by atoms with Crippen molar-refractivity contribution in [2.45, 2.75) is 13.8 Å². The van der Waals surface area contributed by atoms with E-state index in [1.54, 1.807) is 13.8 Å². The van der Waals surface area contributed by atoms with Crippen LogP contribution in [0.2, 0.25) is 0 Å². The van der Waals surface area contributed by atoms with E-state index in [-0.39, 0.29) is 0 Å². The summed E-state index contributed by atoms with van der Waals surface area (Å²) < 4.78 is 0. The molecule has 0 saturated carbocycles. The Labute approximate surface area is 104 Å². The number of nitrogens with zero attached hydrogens (tertiary/aromatic N) is 3. The first-order valence-corrected chi connectivity index (χ1v) is 5.92. The first-order chi connectivity index (χ1) is 8.19. The van der Waals surface area contributed by atoms with Gasteiger partial charge in [0, 0.05) is 10.4 Å². The number of aryl methyl sites for hydroxylation is 2. The van der Waals surface area contributed by atoms with Crippen molar-refractivity contribution in [2.24, 2.45) is 0 Å². The molecule has 0 radical (unpaired) electrons. The minimum Gasteiger partial charge on any atom is -0.256 e. The van der Waals surface area contributed by atoms with Gasteiger partial charge in [-0.25, -0.2) is 0 Å². The molecule has 2 heterocycles. The number of aromatic nitrogens is 1. The molecular weight excluding hydrogens is 230 g/mol. The fourth-order valence-electron chi connectivity index (χ4n) is 1.79. The van der Waals surface area contributed by atoms with Crippen molar-refractivity contribution in [1.82, 2.24) is 4.98 Å². The maximum atomic E-state index is 9.21. The average Bonchev–Trinajstić information content (AvgIpc) is 2.81. The van der Waals surface area contributed by atoms with Gasteiger partial charge in [-0.2, -0.15) is 10.5 Å². The number of nitriles is 2. The molecule has 2 aromatic rings. The highest BCUT2D eigenvalue weighted by atomic mass is 32.1. The number of rotatable bonds is 1. The van der Waals surface area contributed by atoms with Crippen LogP contribution in [-0.4, -0.2) is 4.98 Å². The molecule has 2 rings (SSSR count).